The summed E-state index contributed by atoms with van der Waals surface area (Å²) in [6, 6.07) is 16.8. The van der Waals surface area contributed by atoms with E-state index in [-0.39, 0.29) is 24.2 Å². The second-order valence-corrected chi connectivity index (χ2v) is 8.34. The molecule has 2 aromatic carbocycles. The van der Waals surface area contributed by atoms with Gasteiger partial charge in [0.15, 0.2) is 0 Å². The van der Waals surface area contributed by atoms with Crippen LogP contribution in [-0.4, -0.2) is 28.1 Å². The maximum Gasteiger partial charge on any atom is 0.249 e. The van der Waals surface area contributed by atoms with E-state index in [0.717, 1.165) is 22.6 Å². The number of anilines is 1. The van der Waals surface area contributed by atoms with Crippen molar-refractivity contribution < 1.29 is 9.59 Å². The van der Waals surface area contributed by atoms with E-state index in [1.165, 1.54) is 16.9 Å². The molecule has 0 saturated carbocycles. The number of hydrogen-bond donors (Lipinski definition) is 2. The fourth-order valence-electron chi connectivity index (χ4n) is 2.98. The molecule has 2 atom stereocenters. The van der Waals surface area contributed by atoms with Crippen molar-refractivity contribution >= 4 is 28.3 Å². The molecule has 7 heteroatoms. The number of carbonyl (C=O) groups is 2. The van der Waals surface area contributed by atoms with Crippen LogP contribution in [0.1, 0.15) is 31.4 Å². The lowest BCUT2D eigenvalue weighted by Gasteiger charge is -2.23. The molecule has 30 heavy (non-hydrogen) atoms. The SMILES string of the molecule is CC[C@H](C)[C@@H](NC(=O)Cc1ccccc1)C(=O)Nc1nnc(-c2ccc(C)cc2)s1. The van der Waals surface area contributed by atoms with E-state index in [1.807, 2.05) is 75.4 Å². The molecule has 2 N–H and O–H groups in total. The van der Waals surface area contributed by atoms with Crippen molar-refractivity contribution in [2.24, 2.45) is 5.92 Å². The van der Waals surface area contributed by atoms with E-state index in [4.69, 9.17) is 0 Å². The fraction of sp³-hybridized carbons (Fsp3) is 0.304. The van der Waals surface area contributed by atoms with Crippen LogP contribution in [0.2, 0.25) is 0 Å². The summed E-state index contributed by atoms with van der Waals surface area (Å²) in [6.45, 7) is 5.97. The number of aromatic nitrogens is 2. The highest BCUT2D eigenvalue weighted by molar-refractivity contribution is 7.18. The summed E-state index contributed by atoms with van der Waals surface area (Å²) in [5.74, 6) is -0.481. The van der Waals surface area contributed by atoms with E-state index < -0.39 is 6.04 Å². The maximum absolute atomic E-state index is 12.9. The largest absolute Gasteiger partial charge is 0.344 e. The predicted molar refractivity (Wildman–Crippen MR) is 120 cm³/mol. The van der Waals surface area contributed by atoms with Gasteiger partial charge in [-0.05, 0) is 18.4 Å². The molecular weight excluding hydrogens is 396 g/mol. The Bertz CT molecular complexity index is 986. The first-order valence-corrected chi connectivity index (χ1v) is 10.8. The van der Waals surface area contributed by atoms with Crippen LogP contribution in [-0.2, 0) is 16.0 Å². The standard InChI is InChI=1S/C23H26N4O2S/c1-4-16(3)20(24-19(28)14-17-8-6-5-7-9-17)21(29)25-23-27-26-22(30-23)18-12-10-15(2)11-13-18/h5-13,16,20H,4,14H2,1-3H3,(H,24,28)(H,25,27,29)/t16-,20+/m0/s1. The van der Waals surface area contributed by atoms with Gasteiger partial charge in [0.25, 0.3) is 0 Å². The zero-order chi connectivity index (χ0) is 21.5. The molecular formula is C23H26N4O2S. The van der Waals surface area contributed by atoms with Gasteiger partial charge in [-0.15, -0.1) is 10.2 Å². The van der Waals surface area contributed by atoms with E-state index >= 15 is 0 Å². The van der Waals surface area contributed by atoms with Crippen LogP contribution in [0.25, 0.3) is 10.6 Å². The molecule has 1 heterocycles. The Kier molecular flexibility index (Phi) is 7.30. The topological polar surface area (TPSA) is 84.0 Å². The van der Waals surface area contributed by atoms with Crippen LogP contribution in [0.15, 0.2) is 54.6 Å². The normalized spacial score (nSPS) is 12.8. The molecule has 0 bridgehead atoms. The van der Waals surface area contributed by atoms with Crippen molar-refractivity contribution in [3.63, 3.8) is 0 Å². The highest BCUT2D eigenvalue weighted by Crippen LogP contribution is 2.26. The Morgan fingerprint density at radius 1 is 1.03 bits per heavy atom. The minimum absolute atomic E-state index is 0.0192. The minimum Gasteiger partial charge on any atom is -0.344 e. The van der Waals surface area contributed by atoms with E-state index in [2.05, 4.69) is 20.8 Å². The molecule has 0 aliphatic carbocycles. The van der Waals surface area contributed by atoms with Gasteiger partial charge in [-0.3, -0.25) is 14.9 Å². The Labute approximate surface area is 180 Å². The Morgan fingerprint density at radius 2 is 1.73 bits per heavy atom. The predicted octanol–water partition coefficient (Wildman–Crippen LogP) is 4.23. The summed E-state index contributed by atoms with van der Waals surface area (Å²) < 4.78 is 0. The lowest BCUT2D eigenvalue weighted by atomic mass is 9.98. The molecule has 0 unspecified atom stereocenters. The molecule has 0 saturated heterocycles. The first kappa shape index (κ1) is 21.6. The molecule has 1 aromatic heterocycles. The minimum atomic E-state index is -0.641. The number of nitrogens with zero attached hydrogens (tertiary/aromatic N) is 2. The Balaban J connectivity index is 1.66. The van der Waals surface area contributed by atoms with Crippen LogP contribution < -0.4 is 10.6 Å². The van der Waals surface area contributed by atoms with Gasteiger partial charge < -0.3 is 5.32 Å². The van der Waals surface area contributed by atoms with Crippen LogP contribution in [0.5, 0.6) is 0 Å². The van der Waals surface area contributed by atoms with Crippen LogP contribution in [0.3, 0.4) is 0 Å². The summed E-state index contributed by atoms with van der Waals surface area (Å²) in [5, 5.41) is 15.1. The highest BCUT2D eigenvalue weighted by atomic mass is 32.1. The monoisotopic (exact) mass is 422 g/mol. The molecule has 0 fully saturated rings. The van der Waals surface area contributed by atoms with Crippen molar-refractivity contribution in [1.82, 2.24) is 15.5 Å². The van der Waals surface area contributed by atoms with Gasteiger partial charge in [-0.2, -0.15) is 0 Å². The third-order valence-corrected chi connectivity index (χ3v) is 5.86. The van der Waals surface area contributed by atoms with Crippen molar-refractivity contribution in [1.29, 1.82) is 0 Å². The summed E-state index contributed by atoms with van der Waals surface area (Å²) in [7, 11) is 0. The lowest BCUT2D eigenvalue weighted by Crippen LogP contribution is -2.48. The number of benzene rings is 2. The van der Waals surface area contributed by atoms with Crippen molar-refractivity contribution in [3.8, 4) is 10.6 Å². The number of nitrogens with one attached hydrogen (secondary N) is 2. The number of amides is 2. The average Bonchev–Trinajstić information content (AvgIpc) is 3.21. The number of carbonyl (C=O) groups excluding carboxylic acids is 2. The van der Waals surface area contributed by atoms with Gasteiger partial charge >= 0.3 is 0 Å². The maximum atomic E-state index is 12.9. The van der Waals surface area contributed by atoms with Gasteiger partial charge in [-0.25, -0.2) is 0 Å². The average molecular weight is 423 g/mol. The van der Waals surface area contributed by atoms with Gasteiger partial charge in [0.1, 0.15) is 11.0 Å². The fourth-order valence-corrected chi connectivity index (χ4v) is 3.73. The van der Waals surface area contributed by atoms with E-state index in [1.54, 1.807) is 0 Å². The van der Waals surface area contributed by atoms with Crippen molar-refractivity contribution in [3.05, 3.63) is 65.7 Å². The number of hydrogen-bond acceptors (Lipinski definition) is 5. The summed E-state index contributed by atoms with van der Waals surface area (Å²) >= 11 is 1.31. The van der Waals surface area contributed by atoms with Crippen LogP contribution >= 0.6 is 11.3 Å². The summed E-state index contributed by atoms with van der Waals surface area (Å²) in [6.07, 6.45) is 0.992. The molecule has 0 aliphatic rings. The summed E-state index contributed by atoms with van der Waals surface area (Å²) in [5.41, 5.74) is 3.03. The second-order valence-electron chi connectivity index (χ2n) is 7.36. The van der Waals surface area contributed by atoms with Crippen LogP contribution in [0, 0.1) is 12.8 Å². The first-order chi connectivity index (χ1) is 14.5. The zero-order valence-electron chi connectivity index (χ0n) is 17.4. The van der Waals surface area contributed by atoms with Gasteiger partial charge in [0.05, 0.1) is 6.42 Å². The quantitative estimate of drug-likeness (QED) is 0.569. The molecule has 3 aromatic rings. The molecule has 6 nitrogen and oxygen atoms in total. The van der Waals surface area contributed by atoms with Crippen molar-refractivity contribution in [2.75, 3.05) is 5.32 Å². The Morgan fingerprint density at radius 3 is 2.40 bits per heavy atom. The highest BCUT2D eigenvalue weighted by Gasteiger charge is 2.27. The third kappa shape index (κ3) is 5.73. The molecule has 0 spiro atoms. The van der Waals surface area contributed by atoms with Gasteiger partial charge in [0, 0.05) is 5.56 Å². The van der Waals surface area contributed by atoms with E-state index in [0.29, 0.717) is 5.13 Å². The number of rotatable bonds is 8. The zero-order valence-corrected chi connectivity index (χ0v) is 18.2. The number of aryl methyl sites for hydroxylation is 1. The lowest BCUT2D eigenvalue weighted by molar-refractivity contribution is -0.127. The molecule has 0 aliphatic heterocycles. The van der Waals surface area contributed by atoms with Gasteiger partial charge in [0.2, 0.25) is 16.9 Å². The van der Waals surface area contributed by atoms with E-state index in [9.17, 15) is 9.59 Å². The molecule has 156 valence electrons. The third-order valence-electron chi connectivity index (χ3n) is 4.97. The van der Waals surface area contributed by atoms with Crippen LogP contribution in [0.4, 0.5) is 5.13 Å². The summed E-state index contributed by atoms with van der Waals surface area (Å²) in [4.78, 5) is 25.4. The first-order valence-electron chi connectivity index (χ1n) is 10.0. The second kappa shape index (κ2) is 10.1. The smallest absolute Gasteiger partial charge is 0.249 e. The Hall–Kier alpha value is -3.06. The van der Waals surface area contributed by atoms with Gasteiger partial charge in [-0.1, -0.05) is 91.8 Å². The molecule has 3 rings (SSSR count). The van der Waals surface area contributed by atoms with Crippen molar-refractivity contribution in [2.45, 2.75) is 39.7 Å². The molecule has 0 radical (unpaired) electrons. The molecule has 2 amide bonds.